The molecule has 23 heavy (non-hydrogen) atoms. The Hall–Kier alpha value is -1.63. The zero-order valence-electron chi connectivity index (χ0n) is 14.1. The average Bonchev–Trinajstić information content (AvgIpc) is 2.53. The number of benzene rings is 2. The molecule has 2 aromatic rings. The van der Waals surface area contributed by atoms with Gasteiger partial charge in [0.15, 0.2) is 0 Å². The molecule has 2 rings (SSSR count). The lowest BCUT2D eigenvalue weighted by Gasteiger charge is -2.17. The Morgan fingerprint density at radius 2 is 1.65 bits per heavy atom. The van der Waals surface area contributed by atoms with E-state index < -0.39 is 0 Å². The maximum Gasteiger partial charge on any atom is 0.119 e. The van der Waals surface area contributed by atoms with E-state index in [2.05, 4.69) is 6.92 Å². The molecule has 0 aliphatic heterocycles. The smallest absolute Gasteiger partial charge is 0.119 e. The fourth-order valence-electron chi connectivity index (χ4n) is 2.48. The molecule has 0 bridgehead atoms. The molecule has 0 amide bonds. The summed E-state index contributed by atoms with van der Waals surface area (Å²) in [6.45, 7) is 6.92. The largest absolute Gasteiger partial charge is 0.823 e. The number of hydrogen-bond acceptors (Lipinski definition) is 2. The van der Waals surface area contributed by atoms with Crippen LogP contribution in [0.5, 0.6) is 5.75 Å². The van der Waals surface area contributed by atoms with Crippen LogP contribution in [0.25, 0.3) is 0 Å². The molecule has 0 atom stereocenters. The molecular formula is C20H24O2P-. The first-order valence-corrected chi connectivity index (χ1v) is 9.06. The molecule has 0 aliphatic rings. The molecular weight excluding hydrogens is 303 g/mol. The second kappa shape index (κ2) is 8.86. The van der Waals surface area contributed by atoms with E-state index in [4.69, 9.17) is 4.74 Å². The Kier molecular flexibility index (Phi) is 6.83. The van der Waals surface area contributed by atoms with Gasteiger partial charge in [0.05, 0.1) is 6.61 Å². The highest BCUT2D eigenvalue weighted by Crippen LogP contribution is 2.17. The molecule has 0 spiro atoms. The maximum absolute atomic E-state index is 12.5. The first-order chi connectivity index (χ1) is 11.1. The van der Waals surface area contributed by atoms with Crippen molar-refractivity contribution in [2.75, 3.05) is 6.61 Å². The summed E-state index contributed by atoms with van der Waals surface area (Å²) >= 11 is 0. The SMILES string of the molecule is CCCCCOc1ccc(P=C([O-])c2c(C)cccc2C)cc1. The van der Waals surface area contributed by atoms with Crippen molar-refractivity contribution in [3.8, 4) is 5.75 Å². The van der Waals surface area contributed by atoms with Gasteiger partial charge in [0, 0.05) is 5.30 Å². The fourth-order valence-corrected chi connectivity index (χ4v) is 3.48. The quantitative estimate of drug-likeness (QED) is 0.569. The highest BCUT2D eigenvalue weighted by molar-refractivity contribution is 7.49. The van der Waals surface area contributed by atoms with Crippen molar-refractivity contribution >= 4 is 19.0 Å². The summed E-state index contributed by atoms with van der Waals surface area (Å²) in [6, 6.07) is 13.8. The number of hydrogen-bond donors (Lipinski definition) is 0. The van der Waals surface area contributed by atoms with Crippen LogP contribution in [0.2, 0.25) is 0 Å². The third-order valence-corrected chi connectivity index (χ3v) is 4.76. The summed E-state index contributed by atoms with van der Waals surface area (Å²) in [6.07, 6.45) is 3.48. The predicted molar refractivity (Wildman–Crippen MR) is 98.0 cm³/mol. The van der Waals surface area contributed by atoms with Gasteiger partial charge in [-0.1, -0.05) is 46.2 Å². The molecule has 0 aliphatic carbocycles. The molecule has 0 N–H and O–H groups in total. The number of aryl methyl sites for hydroxylation is 2. The van der Waals surface area contributed by atoms with Crippen molar-refractivity contribution in [1.82, 2.24) is 0 Å². The molecule has 122 valence electrons. The van der Waals surface area contributed by atoms with Crippen LogP contribution in [-0.4, -0.2) is 12.1 Å². The van der Waals surface area contributed by atoms with E-state index in [0.29, 0.717) is 8.20 Å². The van der Waals surface area contributed by atoms with Gasteiger partial charge in [-0.2, -0.15) is 0 Å². The van der Waals surface area contributed by atoms with Gasteiger partial charge < -0.3 is 9.84 Å². The Morgan fingerprint density at radius 3 is 2.26 bits per heavy atom. The van der Waals surface area contributed by atoms with Crippen LogP contribution >= 0.6 is 8.20 Å². The maximum atomic E-state index is 12.5. The monoisotopic (exact) mass is 327 g/mol. The first-order valence-electron chi connectivity index (χ1n) is 8.17. The number of rotatable bonds is 7. The Bertz CT molecular complexity index is 640. The van der Waals surface area contributed by atoms with Crippen LogP contribution in [0.15, 0.2) is 42.5 Å². The number of unbranched alkanes of at least 4 members (excludes halogenated alkanes) is 2. The second-order valence-corrected chi connectivity index (χ2v) is 6.88. The topological polar surface area (TPSA) is 32.3 Å². The van der Waals surface area contributed by atoms with Crippen LogP contribution < -0.4 is 15.1 Å². The van der Waals surface area contributed by atoms with Crippen LogP contribution in [0.1, 0.15) is 42.9 Å². The number of ether oxygens (including phenoxy) is 1. The van der Waals surface area contributed by atoms with Crippen LogP contribution in [0.3, 0.4) is 0 Å². The molecule has 2 aromatic carbocycles. The van der Waals surface area contributed by atoms with Gasteiger partial charge in [0.1, 0.15) is 5.75 Å². The minimum atomic E-state index is 0.150. The third kappa shape index (κ3) is 5.20. The summed E-state index contributed by atoms with van der Waals surface area (Å²) in [5.41, 5.74) is 3.07. The highest BCUT2D eigenvalue weighted by atomic mass is 31.1. The van der Waals surface area contributed by atoms with Gasteiger partial charge >= 0.3 is 0 Å². The Morgan fingerprint density at radius 1 is 1.00 bits per heavy atom. The van der Waals surface area contributed by atoms with Gasteiger partial charge in [-0.3, -0.25) is 0 Å². The fraction of sp³-hybridized carbons (Fsp3) is 0.350. The molecule has 0 fully saturated rings. The van der Waals surface area contributed by atoms with E-state index >= 15 is 0 Å². The second-order valence-electron chi connectivity index (χ2n) is 5.73. The lowest BCUT2D eigenvalue weighted by Crippen LogP contribution is -2.20. The predicted octanol–water partition coefficient (Wildman–Crippen LogP) is 3.98. The average molecular weight is 327 g/mol. The molecule has 2 nitrogen and oxygen atoms in total. The third-order valence-electron chi connectivity index (χ3n) is 3.78. The summed E-state index contributed by atoms with van der Waals surface area (Å²) in [7, 11) is 0.712. The summed E-state index contributed by atoms with van der Waals surface area (Å²) in [5, 5.41) is 13.5. The van der Waals surface area contributed by atoms with Crippen molar-refractivity contribution in [2.45, 2.75) is 40.0 Å². The van der Waals surface area contributed by atoms with E-state index in [9.17, 15) is 5.11 Å². The van der Waals surface area contributed by atoms with Gasteiger partial charge in [-0.05, 0) is 61.2 Å². The van der Waals surface area contributed by atoms with E-state index in [1.54, 1.807) is 0 Å². The zero-order chi connectivity index (χ0) is 16.7. The Balaban J connectivity index is 2.07. The first kappa shape index (κ1) is 17.7. The van der Waals surface area contributed by atoms with E-state index in [0.717, 1.165) is 40.8 Å². The van der Waals surface area contributed by atoms with E-state index in [1.165, 1.54) is 12.8 Å². The van der Waals surface area contributed by atoms with E-state index in [1.807, 2.05) is 56.3 Å². The summed E-state index contributed by atoms with van der Waals surface area (Å²) < 4.78 is 5.70. The van der Waals surface area contributed by atoms with Crippen molar-refractivity contribution in [3.63, 3.8) is 0 Å². The lowest BCUT2D eigenvalue weighted by atomic mass is 10.0. The highest BCUT2D eigenvalue weighted by Gasteiger charge is 2.01. The lowest BCUT2D eigenvalue weighted by molar-refractivity contribution is -0.207. The minimum Gasteiger partial charge on any atom is -0.823 e. The summed E-state index contributed by atoms with van der Waals surface area (Å²) in [4.78, 5) is 0. The summed E-state index contributed by atoms with van der Waals surface area (Å²) in [5.74, 6) is 0.875. The molecule has 0 heterocycles. The molecule has 0 aromatic heterocycles. The zero-order valence-corrected chi connectivity index (χ0v) is 15.0. The molecule has 0 saturated carbocycles. The Labute approximate surface area is 140 Å². The standard InChI is InChI=1S/C20H25O2P/c1-4-5-6-14-22-17-10-12-18(13-11-17)23-20(21)19-15(2)8-7-9-16(19)3/h7-13,21H,4-6,14H2,1-3H3/p-1. The molecule has 0 radical (unpaired) electrons. The van der Waals surface area contributed by atoms with Gasteiger partial charge in [-0.25, -0.2) is 0 Å². The van der Waals surface area contributed by atoms with Crippen molar-refractivity contribution in [2.24, 2.45) is 0 Å². The molecule has 0 saturated heterocycles. The minimum absolute atomic E-state index is 0.150. The molecule has 0 unspecified atom stereocenters. The van der Waals surface area contributed by atoms with Crippen LogP contribution in [-0.2, 0) is 0 Å². The van der Waals surface area contributed by atoms with Gasteiger partial charge in [0.25, 0.3) is 0 Å². The van der Waals surface area contributed by atoms with Gasteiger partial charge in [0.2, 0.25) is 0 Å². The van der Waals surface area contributed by atoms with Crippen molar-refractivity contribution < 1.29 is 9.84 Å². The van der Waals surface area contributed by atoms with Crippen molar-refractivity contribution in [1.29, 1.82) is 0 Å². The van der Waals surface area contributed by atoms with E-state index in [-0.39, 0.29) is 5.48 Å². The normalized spacial score (nSPS) is 11.6. The van der Waals surface area contributed by atoms with Crippen LogP contribution in [0, 0.1) is 13.8 Å². The van der Waals surface area contributed by atoms with Crippen LogP contribution in [0.4, 0.5) is 0 Å². The van der Waals surface area contributed by atoms with Gasteiger partial charge in [-0.15, -0.1) is 5.48 Å². The van der Waals surface area contributed by atoms with Crippen molar-refractivity contribution in [3.05, 3.63) is 59.2 Å². The molecule has 3 heteroatoms.